The van der Waals surface area contributed by atoms with Crippen molar-refractivity contribution in [3.8, 4) is 0 Å². The monoisotopic (exact) mass is 289 g/mol. The smallest absolute Gasteiger partial charge is 0.117 e. The van der Waals surface area contributed by atoms with Crippen molar-refractivity contribution in [2.75, 3.05) is 5.73 Å². The highest BCUT2D eigenvalue weighted by atomic mass is 35.5. The lowest BCUT2D eigenvalue weighted by Gasteiger charge is -2.03. The highest BCUT2D eigenvalue weighted by Gasteiger charge is 2.05. The molecular weight excluding hydrogens is 278 g/mol. The largest absolute Gasteiger partial charge is 0.399 e. The van der Waals surface area contributed by atoms with Crippen LogP contribution in [0, 0.1) is 0 Å². The highest BCUT2D eigenvalue weighted by Crippen LogP contribution is 2.31. The highest BCUT2D eigenvalue weighted by molar-refractivity contribution is 7.98. The van der Waals surface area contributed by atoms with Crippen molar-refractivity contribution < 1.29 is 0 Å². The van der Waals surface area contributed by atoms with E-state index in [9.17, 15) is 0 Å². The summed E-state index contributed by atoms with van der Waals surface area (Å²) in [5, 5.41) is 0.718. The Balaban J connectivity index is 1.80. The molecule has 0 atom stereocenters. The molecule has 0 fully saturated rings. The minimum absolute atomic E-state index is 0.718. The van der Waals surface area contributed by atoms with Gasteiger partial charge in [0, 0.05) is 10.6 Å². The lowest BCUT2D eigenvalue weighted by molar-refractivity contribution is 1.14. The van der Waals surface area contributed by atoms with Crippen LogP contribution < -0.4 is 5.73 Å². The van der Waals surface area contributed by atoms with E-state index in [1.54, 1.807) is 17.8 Å². The Labute approximate surface area is 120 Å². The van der Waals surface area contributed by atoms with Gasteiger partial charge in [0.15, 0.2) is 0 Å². The minimum Gasteiger partial charge on any atom is -0.399 e. The van der Waals surface area contributed by atoms with Crippen molar-refractivity contribution >= 4 is 40.1 Å². The van der Waals surface area contributed by atoms with Crippen LogP contribution in [0.5, 0.6) is 0 Å². The van der Waals surface area contributed by atoms with Crippen LogP contribution in [-0.2, 0) is 5.75 Å². The zero-order valence-corrected chi connectivity index (χ0v) is 11.6. The molecule has 0 aliphatic heterocycles. The molecule has 3 rings (SSSR count). The van der Waals surface area contributed by atoms with E-state index in [0.29, 0.717) is 0 Å². The lowest BCUT2D eigenvalue weighted by atomic mass is 10.3. The molecule has 1 heterocycles. The van der Waals surface area contributed by atoms with Crippen LogP contribution in [0.4, 0.5) is 5.69 Å². The Kier molecular flexibility index (Phi) is 3.36. The van der Waals surface area contributed by atoms with Gasteiger partial charge in [-0.05, 0) is 30.3 Å². The molecule has 5 heteroatoms. The first-order valence-electron chi connectivity index (χ1n) is 5.84. The molecule has 0 saturated heterocycles. The third-order valence-electron chi connectivity index (χ3n) is 2.76. The minimum atomic E-state index is 0.718. The third kappa shape index (κ3) is 2.69. The predicted octanol–water partition coefficient (Wildman–Crippen LogP) is 4.09. The zero-order valence-electron chi connectivity index (χ0n) is 10.1. The Hall–Kier alpha value is -1.65. The fourth-order valence-corrected chi connectivity index (χ4v) is 2.99. The molecule has 0 aliphatic rings. The van der Waals surface area contributed by atoms with Crippen molar-refractivity contribution in [2.24, 2.45) is 0 Å². The fraction of sp³-hybridized carbons (Fsp3) is 0.0714. The van der Waals surface area contributed by atoms with Crippen molar-refractivity contribution in [3.63, 3.8) is 0 Å². The number of halogens is 1. The number of rotatable bonds is 3. The summed E-state index contributed by atoms with van der Waals surface area (Å²) in [5.74, 6) is 1.67. The maximum absolute atomic E-state index is 6.13. The van der Waals surface area contributed by atoms with Crippen molar-refractivity contribution in [2.45, 2.75) is 10.6 Å². The Morgan fingerprint density at radius 3 is 2.89 bits per heavy atom. The standard InChI is InChI=1S/C14H12ClN3S/c15-10-6-5-9(16)7-13(10)19-8-14-17-11-3-1-2-4-12(11)18-14/h1-7H,8,16H2,(H,17,18). The van der Waals surface area contributed by atoms with E-state index in [4.69, 9.17) is 17.3 Å². The van der Waals surface area contributed by atoms with Crippen LogP contribution >= 0.6 is 23.4 Å². The van der Waals surface area contributed by atoms with Gasteiger partial charge in [-0.25, -0.2) is 4.98 Å². The number of imidazole rings is 1. The molecule has 96 valence electrons. The molecule has 3 N–H and O–H groups in total. The average Bonchev–Trinajstić information content (AvgIpc) is 2.82. The molecule has 0 radical (unpaired) electrons. The van der Waals surface area contributed by atoms with E-state index < -0.39 is 0 Å². The van der Waals surface area contributed by atoms with E-state index in [2.05, 4.69) is 9.97 Å². The molecule has 0 aliphatic carbocycles. The molecule has 1 aromatic heterocycles. The number of aromatic nitrogens is 2. The number of aromatic amines is 1. The Morgan fingerprint density at radius 1 is 1.21 bits per heavy atom. The average molecular weight is 290 g/mol. The number of hydrogen-bond acceptors (Lipinski definition) is 3. The lowest BCUT2D eigenvalue weighted by Crippen LogP contribution is -1.87. The summed E-state index contributed by atoms with van der Waals surface area (Å²) in [6.45, 7) is 0. The third-order valence-corrected chi connectivity index (χ3v) is 4.27. The van der Waals surface area contributed by atoms with Crippen molar-refractivity contribution in [3.05, 3.63) is 53.3 Å². The molecule has 0 unspecified atom stereocenters. The quantitative estimate of drug-likeness (QED) is 0.564. The molecule has 0 spiro atoms. The van der Waals surface area contributed by atoms with Crippen LogP contribution in [-0.4, -0.2) is 9.97 Å². The second kappa shape index (κ2) is 5.15. The second-order valence-electron chi connectivity index (χ2n) is 4.18. The molecule has 19 heavy (non-hydrogen) atoms. The summed E-state index contributed by atoms with van der Waals surface area (Å²) < 4.78 is 0. The fourth-order valence-electron chi connectivity index (χ4n) is 1.85. The number of hydrogen-bond donors (Lipinski definition) is 2. The molecule has 2 aromatic carbocycles. The number of para-hydroxylation sites is 2. The van der Waals surface area contributed by atoms with Gasteiger partial charge in [-0.2, -0.15) is 0 Å². The molecule has 0 bridgehead atoms. The van der Waals surface area contributed by atoms with Gasteiger partial charge in [0.2, 0.25) is 0 Å². The summed E-state index contributed by atoms with van der Waals surface area (Å²) in [5.41, 5.74) is 8.52. The predicted molar refractivity (Wildman–Crippen MR) is 81.5 cm³/mol. The second-order valence-corrected chi connectivity index (χ2v) is 5.60. The first kappa shape index (κ1) is 12.4. The first-order valence-corrected chi connectivity index (χ1v) is 7.20. The molecule has 3 aromatic rings. The number of thioether (sulfide) groups is 1. The van der Waals surface area contributed by atoms with Crippen molar-refractivity contribution in [1.82, 2.24) is 9.97 Å². The van der Waals surface area contributed by atoms with Crippen LogP contribution in [0.25, 0.3) is 11.0 Å². The number of benzene rings is 2. The Morgan fingerprint density at radius 2 is 2.05 bits per heavy atom. The summed E-state index contributed by atoms with van der Waals surface area (Å²) in [4.78, 5) is 8.80. The molecular formula is C14H12ClN3S. The molecule has 0 saturated carbocycles. The van der Waals surface area contributed by atoms with Gasteiger partial charge in [0.05, 0.1) is 21.8 Å². The van der Waals surface area contributed by atoms with Gasteiger partial charge in [0.25, 0.3) is 0 Å². The van der Waals surface area contributed by atoms with Gasteiger partial charge < -0.3 is 10.7 Å². The van der Waals surface area contributed by atoms with E-state index >= 15 is 0 Å². The van der Waals surface area contributed by atoms with Crippen molar-refractivity contribution in [1.29, 1.82) is 0 Å². The number of fused-ring (bicyclic) bond motifs is 1. The summed E-state index contributed by atoms with van der Waals surface area (Å²) in [7, 11) is 0. The van der Waals surface area contributed by atoms with Crippen LogP contribution in [0.15, 0.2) is 47.4 Å². The van der Waals surface area contributed by atoms with E-state index in [0.717, 1.165) is 38.2 Å². The van der Waals surface area contributed by atoms with Gasteiger partial charge in [0.1, 0.15) is 5.82 Å². The maximum Gasteiger partial charge on any atom is 0.117 e. The van der Waals surface area contributed by atoms with Gasteiger partial charge >= 0.3 is 0 Å². The number of nitrogens with two attached hydrogens (primary N) is 1. The van der Waals surface area contributed by atoms with Gasteiger partial charge in [-0.3, -0.25) is 0 Å². The first-order chi connectivity index (χ1) is 9.22. The molecule has 3 nitrogen and oxygen atoms in total. The number of nitrogen functional groups attached to an aromatic ring is 1. The van der Waals surface area contributed by atoms with Gasteiger partial charge in [-0.15, -0.1) is 11.8 Å². The maximum atomic E-state index is 6.13. The van der Waals surface area contributed by atoms with Crippen LogP contribution in [0.2, 0.25) is 5.02 Å². The summed E-state index contributed by atoms with van der Waals surface area (Å²) in [6.07, 6.45) is 0. The Bertz CT molecular complexity index is 691. The summed E-state index contributed by atoms with van der Waals surface area (Å²) >= 11 is 7.76. The van der Waals surface area contributed by atoms with E-state index in [1.165, 1.54) is 0 Å². The number of nitrogens with one attached hydrogen (secondary N) is 1. The van der Waals surface area contributed by atoms with Crippen LogP contribution in [0.3, 0.4) is 0 Å². The SMILES string of the molecule is Nc1ccc(Cl)c(SCc2nc3ccccc3[nH]2)c1. The number of nitrogens with zero attached hydrogens (tertiary/aromatic N) is 1. The van der Waals surface area contributed by atoms with Crippen LogP contribution in [0.1, 0.15) is 5.82 Å². The number of H-pyrrole nitrogens is 1. The van der Waals surface area contributed by atoms with E-state index in [1.807, 2.05) is 36.4 Å². The number of anilines is 1. The zero-order chi connectivity index (χ0) is 13.2. The van der Waals surface area contributed by atoms with E-state index in [-0.39, 0.29) is 0 Å². The normalized spacial score (nSPS) is 11.0. The molecule has 0 amide bonds. The topological polar surface area (TPSA) is 54.7 Å². The van der Waals surface area contributed by atoms with Gasteiger partial charge in [-0.1, -0.05) is 23.7 Å². The summed E-state index contributed by atoms with van der Waals surface area (Å²) in [6, 6.07) is 13.5.